The van der Waals surface area contributed by atoms with Crippen LogP contribution in [-0.4, -0.2) is 50.4 Å². The number of nitrogens with one attached hydrogen (secondary N) is 1. The number of carbonyl (C=O) groups is 2. The molecule has 1 unspecified atom stereocenters. The van der Waals surface area contributed by atoms with Gasteiger partial charge in [0, 0.05) is 31.5 Å². The molecule has 1 aliphatic heterocycles. The summed E-state index contributed by atoms with van der Waals surface area (Å²) < 4.78 is 16.4. The summed E-state index contributed by atoms with van der Waals surface area (Å²) >= 11 is 0. The van der Waals surface area contributed by atoms with E-state index in [4.69, 9.17) is 14.2 Å². The van der Waals surface area contributed by atoms with E-state index in [0.717, 1.165) is 11.1 Å². The SMILES string of the molecule is COc1cc(N2CC(CNC(C)=O)OC2=O)cc(OC)c1-c1ccncc1. The zero-order valence-electron chi connectivity index (χ0n) is 15.4. The molecule has 1 fully saturated rings. The number of nitrogens with zero attached hydrogens (tertiary/aromatic N) is 2. The first-order chi connectivity index (χ1) is 13.0. The third-order valence-corrected chi connectivity index (χ3v) is 4.22. The maximum Gasteiger partial charge on any atom is 0.414 e. The second kappa shape index (κ2) is 7.94. The highest BCUT2D eigenvalue weighted by Crippen LogP contribution is 2.42. The summed E-state index contributed by atoms with van der Waals surface area (Å²) in [4.78, 5) is 28.9. The molecule has 1 aliphatic rings. The van der Waals surface area contributed by atoms with Crippen LogP contribution in [0.2, 0.25) is 0 Å². The zero-order chi connectivity index (χ0) is 19.4. The lowest BCUT2D eigenvalue weighted by atomic mass is 10.0. The summed E-state index contributed by atoms with van der Waals surface area (Å²) in [5.74, 6) is 0.955. The quantitative estimate of drug-likeness (QED) is 0.837. The van der Waals surface area contributed by atoms with E-state index < -0.39 is 12.2 Å². The van der Waals surface area contributed by atoms with Gasteiger partial charge in [-0.05, 0) is 17.7 Å². The molecule has 27 heavy (non-hydrogen) atoms. The van der Waals surface area contributed by atoms with Crippen molar-refractivity contribution in [2.75, 3.05) is 32.2 Å². The molecule has 3 rings (SSSR count). The predicted octanol–water partition coefficient (Wildman–Crippen LogP) is 2.23. The highest BCUT2D eigenvalue weighted by Gasteiger charge is 2.33. The van der Waals surface area contributed by atoms with Gasteiger partial charge in [-0.3, -0.25) is 14.7 Å². The van der Waals surface area contributed by atoms with Crippen molar-refractivity contribution >= 4 is 17.7 Å². The van der Waals surface area contributed by atoms with Crippen LogP contribution in [-0.2, 0) is 9.53 Å². The summed E-state index contributed by atoms with van der Waals surface area (Å²) in [6.45, 7) is 2.00. The Bertz CT molecular complexity index is 815. The van der Waals surface area contributed by atoms with Gasteiger partial charge in [0.05, 0.1) is 38.6 Å². The number of methoxy groups -OCH3 is 2. The normalized spacial score (nSPS) is 16.0. The minimum absolute atomic E-state index is 0.172. The second-order valence-corrected chi connectivity index (χ2v) is 6.01. The van der Waals surface area contributed by atoms with Gasteiger partial charge in [0.1, 0.15) is 17.6 Å². The summed E-state index contributed by atoms with van der Waals surface area (Å²) in [7, 11) is 3.12. The lowest BCUT2D eigenvalue weighted by Crippen LogP contribution is -2.33. The van der Waals surface area contributed by atoms with E-state index in [0.29, 0.717) is 23.7 Å². The summed E-state index contributed by atoms with van der Waals surface area (Å²) in [5, 5.41) is 2.66. The van der Waals surface area contributed by atoms with E-state index in [1.54, 1.807) is 38.7 Å². The Kier molecular flexibility index (Phi) is 5.44. The van der Waals surface area contributed by atoms with Crippen molar-refractivity contribution in [2.45, 2.75) is 13.0 Å². The highest BCUT2D eigenvalue weighted by atomic mass is 16.6. The molecule has 1 atom stereocenters. The molecule has 2 amide bonds. The number of benzene rings is 1. The van der Waals surface area contributed by atoms with Crippen LogP contribution in [0.25, 0.3) is 11.1 Å². The number of cyclic esters (lactones) is 1. The van der Waals surface area contributed by atoms with Crippen LogP contribution in [0.4, 0.5) is 10.5 Å². The average Bonchev–Trinajstić information content (AvgIpc) is 3.06. The molecule has 0 spiro atoms. The van der Waals surface area contributed by atoms with Gasteiger partial charge in [-0.1, -0.05) is 0 Å². The van der Waals surface area contributed by atoms with Crippen LogP contribution in [0.15, 0.2) is 36.7 Å². The maximum absolute atomic E-state index is 12.3. The fraction of sp³-hybridized carbons (Fsp3) is 0.316. The third-order valence-electron chi connectivity index (χ3n) is 4.22. The van der Waals surface area contributed by atoms with Crippen molar-refractivity contribution in [3.8, 4) is 22.6 Å². The molecule has 2 heterocycles. The molecule has 1 aromatic heterocycles. The smallest absolute Gasteiger partial charge is 0.414 e. The zero-order valence-corrected chi connectivity index (χ0v) is 15.4. The summed E-state index contributed by atoms with van der Waals surface area (Å²) in [6.07, 6.45) is 2.48. The van der Waals surface area contributed by atoms with Crippen molar-refractivity contribution in [3.63, 3.8) is 0 Å². The van der Waals surface area contributed by atoms with E-state index in [-0.39, 0.29) is 12.5 Å². The number of hydrogen-bond donors (Lipinski definition) is 1. The minimum atomic E-state index is -0.480. The van der Waals surface area contributed by atoms with E-state index >= 15 is 0 Å². The van der Waals surface area contributed by atoms with Crippen LogP contribution in [0.1, 0.15) is 6.92 Å². The molecule has 0 radical (unpaired) electrons. The molecule has 1 N–H and O–H groups in total. The van der Waals surface area contributed by atoms with Gasteiger partial charge in [0.25, 0.3) is 0 Å². The number of carbonyl (C=O) groups excluding carboxylic acids is 2. The first kappa shape index (κ1) is 18.5. The fourth-order valence-electron chi connectivity index (χ4n) is 2.95. The Hall–Kier alpha value is -3.29. The van der Waals surface area contributed by atoms with E-state index in [2.05, 4.69) is 10.3 Å². The Morgan fingerprint density at radius 2 is 1.89 bits per heavy atom. The average molecular weight is 371 g/mol. The van der Waals surface area contributed by atoms with Crippen molar-refractivity contribution in [1.29, 1.82) is 0 Å². The molecule has 0 bridgehead atoms. The first-order valence-electron chi connectivity index (χ1n) is 8.42. The van der Waals surface area contributed by atoms with E-state index in [9.17, 15) is 9.59 Å². The lowest BCUT2D eigenvalue weighted by Gasteiger charge is -2.19. The molecule has 142 valence electrons. The molecule has 0 aliphatic carbocycles. The Labute approximate surface area is 157 Å². The number of pyridine rings is 1. The van der Waals surface area contributed by atoms with Gasteiger partial charge in [0.2, 0.25) is 5.91 Å². The minimum Gasteiger partial charge on any atom is -0.496 e. The van der Waals surface area contributed by atoms with Crippen LogP contribution in [0.5, 0.6) is 11.5 Å². The number of amides is 2. The van der Waals surface area contributed by atoms with Crippen molar-refractivity contribution in [2.24, 2.45) is 0 Å². The largest absolute Gasteiger partial charge is 0.496 e. The molecule has 8 nitrogen and oxygen atoms in total. The third kappa shape index (κ3) is 3.94. The molecular weight excluding hydrogens is 350 g/mol. The van der Waals surface area contributed by atoms with Gasteiger partial charge in [-0.15, -0.1) is 0 Å². The number of hydrogen-bond acceptors (Lipinski definition) is 6. The Morgan fingerprint density at radius 1 is 1.26 bits per heavy atom. The van der Waals surface area contributed by atoms with Crippen molar-refractivity contribution in [1.82, 2.24) is 10.3 Å². The van der Waals surface area contributed by atoms with Gasteiger partial charge < -0.3 is 19.5 Å². The second-order valence-electron chi connectivity index (χ2n) is 6.01. The Balaban J connectivity index is 1.93. The van der Waals surface area contributed by atoms with Gasteiger partial charge in [0.15, 0.2) is 0 Å². The molecule has 1 saturated heterocycles. The topological polar surface area (TPSA) is 90.0 Å². The number of aromatic nitrogens is 1. The first-order valence-corrected chi connectivity index (χ1v) is 8.42. The predicted molar refractivity (Wildman–Crippen MR) is 99.1 cm³/mol. The maximum atomic E-state index is 12.3. The lowest BCUT2D eigenvalue weighted by molar-refractivity contribution is -0.119. The monoisotopic (exact) mass is 371 g/mol. The molecular formula is C19H21N3O5. The Morgan fingerprint density at radius 3 is 2.44 bits per heavy atom. The summed E-state index contributed by atoms with van der Waals surface area (Å²) in [6, 6.07) is 7.24. The number of rotatable bonds is 6. The van der Waals surface area contributed by atoms with Crippen molar-refractivity contribution in [3.05, 3.63) is 36.7 Å². The van der Waals surface area contributed by atoms with E-state index in [1.807, 2.05) is 12.1 Å². The molecule has 2 aromatic rings. The van der Waals surface area contributed by atoms with Gasteiger partial charge in [-0.25, -0.2) is 4.79 Å². The standard InChI is InChI=1S/C19H21N3O5/c1-12(23)21-10-15-11-22(19(24)27-15)14-8-16(25-2)18(17(9-14)26-3)13-4-6-20-7-5-13/h4-9,15H,10-11H2,1-3H3,(H,21,23). The molecule has 8 heteroatoms. The number of anilines is 1. The molecule has 0 saturated carbocycles. The highest BCUT2D eigenvalue weighted by molar-refractivity contribution is 5.92. The van der Waals surface area contributed by atoms with Crippen LogP contribution in [0.3, 0.4) is 0 Å². The van der Waals surface area contributed by atoms with Crippen LogP contribution < -0.4 is 19.7 Å². The van der Waals surface area contributed by atoms with Gasteiger partial charge >= 0.3 is 6.09 Å². The van der Waals surface area contributed by atoms with Crippen LogP contribution in [0, 0.1) is 0 Å². The summed E-state index contributed by atoms with van der Waals surface area (Å²) in [5.41, 5.74) is 2.25. The van der Waals surface area contributed by atoms with E-state index in [1.165, 1.54) is 11.8 Å². The molecule has 1 aromatic carbocycles. The fourth-order valence-corrected chi connectivity index (χ4v) is 2.95. The van der Waals surface area contributed by atoms with Crippen molar-refractivity contribution < 1.29 is 23.8 Å². The van der Waals surface area contributed by atoms with Gasteiger partial charge in [-0.2, -0.15) is 0 Å². The number of ether oxygens (including phenoxy) is 3. The van der Waals surface area contributed by atoms with Crippen LogP contribution >= 0.6 is 0 Å².